The van der Waals surface area contributed by atoms with Crippen LogP contribution in [0.15, 0.2) is 82.7 Å². The Balaban J connectivity index is 1.38. The minimum atomic E-state index is -3.78. The summed E-state index contributed by atoms with van der Waals surface area (Å²) in [5.74, 6) is -0.0650. The summed E-state index contributed by atoms with van der Waals surface area (Å²) >= 11 is 0. The lowest BCUT2D eigenvalue weighted by Crippen LogP contribution is -2.38. The third kappa shape index (κ3) is 6.22. The van der Waals surface area contributed by atoms with Crippen molar-refractivity contribution in [2.75, 3.05) is 51.3 Å². The average molecular weight is 588 g/mol. The standard InChI is InChI=1S/C32H37N5O4S/c1-36-16-5-17-37(19-18-36)26-10-8-24(9-11-26)33-31(23-6-3-2-4-7-23)30-28-22-27(12-13-29(28)34-32(30)38)42(39,40)35-25-14-20-41-21-15-25/h2-4,6-13,22,25,34-35,38H,5,14-21H2,1H3. The van der Waals surface area contributed by atoms with Gasteiger partial charge in [0.2, 0.25) is 10.0 Å². The molecule has 2 fully saturated rings. The van der Waals surface area contributed by atoms with Gasteiger partial charge in [-0.15, -0.1) is 0 Å². The number of aromatic nitrogens is 1. The highest BCUT2D eigenvalue weighted by molar-refractivity contribution is 7.89. The molecule has 0 saturated carbocycles. The van der Waals surface area contributed by atoms with Crippen molar-refractivity contribution in [1.82, 2.24) is 14.6 Å². The van der Waals surface area contributed by atoms with Crippen molar-refractivity contribution in [3.8, 4) is 5.88 Å². The second kappa shape index (κ2) is 12.3. The molecule has 3 heterocycles. The number of sulfonamides is 1. The minimum Gasteiger partial charge on any atom is -0.494 e. The van der Waals surface area contributed by atoms with Gasteiger partial charge in [-0.05, 0) is 75.3 Å². The van der Waals surface area contributed by atoms with Gasteiger partial charge in [0.25, 0.3) is 0 Å². The van der Waals surface area contributed by atoms with Crippen molar-refractivity contribution in [2.24, 2.45) is 4.99 Å². The molecule has 4 aromatic rings. The van der Waals surface area contributed by atoms with E-state index in [0.29, 0.717) is 48.2 Å². The molecule has 0 radical (unpaired) electrons. The van der Waals surface area contributed by atoms with Crippen molar-refractivity contribution < 1.29 is 18.3 Å². The monoisotopic (exact) mass is 587 g/mol. The van der Waals surface area contributed by atoms with Gasteiger partial charge in [0.05, 0.1) is 21.9 Å². The van der Waals surface area contributed by atoms with Crippen LogP contribution in [0.1, 0.15) is 30.4 Å². The Morgan fingerprint density at radius 3 is 2.50 bits per heavy atom. The lowest BCUT2D eigenvalue weighted by Gasteiger charge is -2.23. The lowest BCUT2D eigenvalue weighted by molar-refractivity contribution is 0.0832. The molecule has 2 aliphatic rings. The normalized spacial score (nSPS) is 17.9. The van der Waals surface area contributed by atoms with Crippen LogP contribution in [0.3, 0.4) is 0 Å². The average Bonchev–Trinajstić information content (AvgIpc) is 3.17. The molecule has 220 valence electrons. The summed E-state index contributed by atoms with van der Waals surface area (Å²) in [6, 6.07) is 22.5. The number of hydrogen-bond acceptors (Lipinski definition) is 7. The number of ether oxygens (including phenoxy) is 1. The topological polar surface area (TPSA) is 110 Å². The van der Waals surface area contributed by atoms with Crippen LogP contribution in [0.2, 0.25) is 0 Å². The Labute approximate surface area is 246 Å². The third-order valence-corrected chi connectivity index (χ3v) is 9.58. The Morgan fingerprint density at radius 1 is 0.976 bits per heavy atom. The predicted octanol–water partition coefficient (Wildman–Crippen LogP) is 4.64. The molecular weight excluding hydrogens is 550 g/mol. The van der Waals surface area contributed by atoms with Gasteiger partial charge in [-0.1, -0.05) is 30.3 Å². The molecule has 0 amide bonds. The first kappa shape index (κ1) is 28.4. The maximum absolute atomic E-state index is 13.3. The summed E-state index contributed by atoms with van der Waals surface area (Å²) in [6.45, 7) is 5.19. The Bertz CT molecular complexity index is 1660. The van der Waals surface area contributed by atoms with E-state index in [1.54, 1.807) is 18.2 Å². The molecule has 9 nitrogen and oxygen atoms in total. The number of aliphatic imine (C=N–C) groups is 1. The molecule has 0 bridgehead atoms. The van der Waals surface area contributed by atoms with Crippen LogP contribution in [-0.2, 0) is 14.8 Å². The van der Waals surface area contributed by atoms with E-state index < -0.39 is 10.0 Å². The van der Waals surface area contributed by atoms with Gasteiger partial charge in [0, 0.05) is 61.0 Å². The van der Waals surface area contributed by atoms with Gasteiger partial charge in [0.15, 0.2) is 5.88 Å². The molecule has 0 unspecified atom stereocenters. The molecule has 0 aliphatic carbocycles. The number of likely N-dealkylation sites (N-methyl/N-ethyl adjacent to an activating group) is 1. The summed E-state index contributed by atoms with van der Waals surface area (Å²) in [6.07, 6.45) is 2.39. The Kier molecular flexibility index (Phi) is 8.30. The minimum absolute atomic E-state index is 0.0650. The van der Waals surface area contributed by atoms with Crippen LogP contribution in [0, 0.1) is 0 Å². The molecule has 3 N–H and O–H groups in total. The summed E-state index contributed by atoms with van der Waals surface area (Å²) in [4.78, 5) is 12.9. The maximum Gasteiger partial charge on any atom is 0.240 e. The molecule has 10 heteroatoms. The highest BCUT2D eigenvalue weighted by Crippen LogP contribution is 2.33. The van der Waals surface area contributed by atoms with Gasteiger partial charge in [-0.25, -0.2) is 18.1 Å². The van der Waals surface area contributed by atoms with E-state index in [4.69, 9.17) is 9.73 Å². The quantitative estimate of drug-likeness (QED) is 0.272. The van der Waals surface area contributed by atoms with Crippen LogP contribution in [0.25, 0.3) is 10.9 Å². The highest BCUT2D eigenvalue weighted by Gasteiger charge is 2.25. The van der Waals surface area contributed by atoms with E-state index in [1.807, 2.05) is 42.5 Å². The molecule has 0 spiro atoms. The number of nitrogens with zero attached hydrogens (tertiary/aromatic N) is 3. The fourth-order valence-electron chi connectivity index (χ4n) is 5.70. The first-order valence-corrected chi connectivity index (χ1v) is 16.0. The van der Waals surface area contributed by atoms with Crippen molar-refractivity contribution in [3.63, 3.8) is 0 Å². The zero-order valence-corrected chi connectivity index (χ0v) is 24.6. The van der Waals surface area contributed by atoms with Crippen LogP contribution in [0.4, 0.5) is 11.4 Å². The molecule has 6 rings (SSSR count). The number of nitrogens with one attached hydrogen (secondary N) is 2. The molecule has 0 atom stereocenters. The van der Waals surface area contributed by atoms with E-state index in [2.05, 4.69) is 38.7 Å². The predicted molar refractivity (Wildman–Crippen MR) is 167 cm³/mol. The zero-order chi connectivity index (χ0) is 29.1. The van der Waals surface area contributed by atoms with E-state index in [1.165, 1.54) is 0 Å². The fourth-order valence-corrected chi connectivity index (χ4v) is 7.03. The summed E-state index contributed by atoms with van der Waals surface area (Å²) < 4.78 is 34.9. The number of hydrogen-bond donors (Lipinski definition) is 3. The third-order valence-electron chi connectivity index (χ3n) is 8.06. The Hall–Kier alpha value is -3.70. The second-order valence-corrected chi connectivity index (χ2v) is 12.8. The van der Waals surface area contributed by atoms with E-state index in [0.717, 1.165) is 49.5 Å². The van der Waals surface area contributed by atoms with E-state index in [-0.39, 0.29) is 16.8 Å². The highest BCUT2D eigenvalue weighted by atomic mass is 32.2. The van der Waals surface area contributed by atoms with E-state index >= 15 is 0 Å². The number of fused-ring (bicyclic) bond motifs is 1. The van der Waals surface area contributed by atoms with Crippen LogP contribution < -0.4 is 9.62 Å². The van der Waals surface area contributed by atoms with E-state index in [9.17, 15) is 13.5 Å². The van der Waals surface area contributed by atoms with Crippen LogP contribution in [0.5, 0.6) is 5.88 Å². The van der Waals surface area contributed by atoms with Crippen LogP contribution in [-0.4, -0.2) is 81.6 Å². The molecule has 42 heavy (non-hydrogen) atoms. The molecule has 3 aromatic carbocycles. The molecule has 1 aromatic heterocycles. The summed E-state index contributed by atoms with van der Waals surface area (Å²) in [5.41, 5.74) is 4.34. The number of aromatic amines is 1. The van der Waals surface area contributed by atoms with Crippen molar-refractivity contribution in [2.45, 2.75) is 30.2 Å². The summed E-state index contributed by atoms with van der Waals surface area (Å²) in [7, 11) is -1.62. The van der Waals surface area contributed by atoms with Gasteiger partial charge < -0.3 is 24.6 Å². The fraction of sp³-hybridized carbons (Fsp3) is 0.344. The number of benzene rings is 3. The van der Waals surface area contributed by atoms with Gasteiger partial charge in [-0.3, -0.25) is 0 Å². The second-order valence-electron chi connectivity index (χ2n) is 11.1. The maximum atomic E-state index is 13.3. The first-order chi connectivity index (χ1) is 20.4. The molecular formula is C32H37N5O4S. The number of anilines is 1. The summed E-state index contributed by atoms with van der Waals surface area (Å²) in [5, 5.41) is 11.7. The molecule has 2 aliphatic heterocycles. The zero-order valence-electron chi connectivity index (χ0n) is 23.8. The SMILES string of the molecule is CN1CCCN(c2ccc(N=C(c3ccccc3)c3c(O)[nH]c4ccc(S(=O)(=O)NC5CCOCC5)cc34)cc2)CC1. The Morgan fingerprint density at radius 2 is 1.74 bits per heavy atom. The van der Waals surface area contributed by atoms with Crippen molar-refractivity contribution in [3.05, 3.63) is 83.9 Å². The number of rotatable bonds is 7. The van der Waals surface area contributed by atoms with Gasteiger partial charge in [-0.2, -0.15) is 0 Å². The first-order valence-electron chi connectivity index (χ1n) is 14.5. The smallest absolute Gasteiger partial charge is 0.240 e. The van der Waals surface area contributed by atoms with Gasteiger partial charge in [0.1, 0.15) is 0 Å². The lowest BCUT2D eigenvalue weighted by atomic mass is 10.0. The number of aromatic hydroxyl groups is 1. The van der Waals surface area contributed by atoms with Gasteiger partial charge >= 0.3 is 0 Å². The molecule has 2 saturated heterocycles. The van der Waals surface area contributed by atoms with Crippen molar-refractivity contribution >= 4 is 38.0 Å². The van der Waals surface area contributed by atoms with Crippen LogP contribution >= 0.6 is 0 Å². The number of H-pyrrole nitrogens is 1. The largest absolute Gasteiger partial charge is 0.494 e. The van der Waals surface area contributed by atoms with Crippen molar-refractivity contribution in [1.29, 1.82) is 0 Å².